The molecule has 1 aromatic carbocycles. The molecular weight excluding hydrogens is 354 g/mol. The lowest BCUT2D eigenvalue weighted by Crippen LogP contribution is -2.12. The molecule has 0 atom stereocenters. The van der Waals surface area contributed by atoms with Crippen LogP contribution in [0.15, 0.2) is 25.6 Å². The van der Waals surface area contributed by atoms with Gasteiger partial charge in [0.2, 0.25) is 0 Å². The Morgan fingerprint density at radius 1 is 1.17 bits per heavy atom. The van der Waals surface area contributed by atoms with Crippen molar-refractivity contribution in [3.05, 3.63) is 31.1 Å². The average Bonchev–Trinajstić information content (AvgIpc) is 1.82. The summed E-state index contributed by atoms with van der Waals surface area (Å²) in [5.74, 6) is -0.457. The zero-order valence-electron chi connectivity index (χ0n) is 5.77. The molecule has 0 heterocycles. The van der Waals surface area contributed by atoms with Crippen LogP contribution in [-0.4, -0.2) is 5.91 Å². The molecule has 1 rings (SSSR count). The first-order valence-electron chi connectivity index (χ1n) is 2.96. The van der Waals surface area contributed by atoms with Gasteiger partial charge in [0.1, 0.15) is 0 Å². The van der Waals surface area contributed by atoms with Crippen molar-refractivity contribution >= 4 is 53.7 Å². The molecule has 0 unspecified atom stereocenters. The average molecular weight is 358 g/mol. The third kappa shape index (κ3) is 2.08. The largest absolute Gasteiger partial charge is 0.366 e. The molecule has 0 aliphatic heterocycles. The van der Waals surface area contributed by atoms with Crippen LogP contribution in [0.3, 0.4) is 0 Å². The fraction of sp³-hybridized carbons (Fsp3) is 0. The lowest BCUT2D eigenvalue weighted by Gasteiger charge is -2.03. The van der Waals surface area contributed by atoms with Crippen LogP contribution >= 0.6 is 47.8 Å². The summed E-state index contributed by atoms with van der Waals surface area (Å²) in [5, 5.41) is 0. The minimum Gasteiger partial charge on any atom is -0.366 e. The van der Waals surface area contributed by atoms with E-state index in [1.54, 1.807) is 12.1 Å². The minimum absolute atomic E-state index is 0.457. The second-order valence-electron chi connectivity index (χ2n) is 2.11. The first kappa shape index (κ1) is 10.2. The summed E-state index contributed by atoms with van der Waals surface area (Å²) in [5.41, 5.74) is 5.61. The summed E-state index contributed by atoms with van der Waals surface area (Å²) < 4.78 is 2.23. The van der Waals surface area contributed by atoms with Crippen LogP contribution < -0.4 is 5.73 Å². The molecule has 1 aromatic rings. The van der Waals surface area contributed by atoms with Crippen LogP contribution in [0.4, 0.5) is 0 Å². The summed E-state index contributed by atoms with van der Waals surface area (Å²) in [7, 11) is 0. The van der Waals surface area contributed by atoms with Crippen molar-refractivity contribution < 1.29 is 4.79 Å². The molecule has 0 radical (unpaired) electrons. The number of carbonyl (C=O) groups excluding carboxylic acids is 1. The van der Waals surface area contributed by atoms with Crippen LogP contribution in [0.25, 0.3) is 0 Å². The first-order chi connectivity index (χ1) is 5.52. The van der Waals surface area contributed by atoms with E-state index >= 15 is 0 Å². The number of carbonyl (C=O) groups is 1. The Kier molecular flexibility index (Phi) is 3.31. The van der Waals surface area contributed by atoms with Gasteiger partial charge < -0.3 is 5.73 Å². The summed E-state index contributed by atoms with van der Waals surface area (Å²) in [6.07, 6.45) is 0. The highest BCUT2D eigenvalue weighted by Gasteiger charge is 2.11. The highest BCUT2D eigenvalue weighted by Crippen LogP contribution is 2.29. The SMILES string of the molecule is NC(=O)c1c(Br)cc(Br)cc1Br. The van der Waals surface area contributed by atoms with Gasteiger partial charge in [0.15, 0.2) is 0 Å². The molecule has 64 valence electrons. The maximum Gasteiger partial charge on any atom is 0.250 e. The van der Waals surface area contributed by atoms with Gasteiger partial charge in [-0.15, -0.1) is 0 Å². The van der Waals surface area contributed by atoms with Gasteiger partial charge in [-0.2, -0.15) is 0 Å². The van der Waals surface area contributed by atoms with Crippen LogP contribution in [0, 0.1) is 0 Å². The summed E-state index contributed by atoms with van der Waals surface area (Å²) in [4.78, 5) is 10.9. The van der Waals surface area contributed by atoms with E-state index in [0.29, 0.717) is 14.5 Å². The zero-order valence-corrected chi connectivity index (χ0v) is 10.5. The van der Waals surface area contributed by atoms with Crippen molar-refractivity contribution in [2.45, 2.75) is 0 Å². The number of amides is 1. The number of halogens is 3. The van der Waals surface area contributed by atoms with Gasteiger partial charge in [-0.3, -0.25) is 4.79 Å². The van der Waals surface area contributed by atoms with Gasteiger partial charge in [-0.1, -0.05) is 15.9 Å². The number of rotatable bonds is 1. The van der Waals surface area contributed by atoms with Crippen LogP contribution in [0.2, 0.25) is 0 Å². The topological polar surface area (TPSA) is 43.1 Å². The second kappa shape index (κ2) is 3.89. The molecule has 0 spiro atoms. The smallest absolute Gasteiger partial charge is 0.250 e. The van der Waals surface area contributed by atoms with Gasteiger partial charge in [0.05, 0.1) is 5.56 Å². The van der Waals surface area contributed by atoms with Crippen LogP contribution in [0.1, 0.15) is 10.4 Å². The summed E-state index contributed by atoms with van der Waals surface area (Å²) in [6, 6.07) is 3.54. The van der Waals surface area contributed by atoms with Gasteiger partial charge in [0.25, 0.3) is 5.91 Å². The maximum atomic E-state index is 10.9. The quantitative estimate of drug-likeness (QED) is 0.824. The van der Waals surface area contributed by atoms with Gasteiger partial charge >= 0.3 is 0 Å². The van der Waals surface area contributed by atoms with Crippen LogP contribution in [0.5, 0.6) is 0 Å². The van der Waals surface area contributed by atoms with Gasteiger partial charge in [-0.25, -0.2) is 0 Å². The highest BCUT2D eigenvalue weighted by molar-refractivity contribution is 9.11. The number of primary amides is 1. The van der Waals surface area contributed by atoms with Crippen molar-refractivity contribution in [3.63, 3.8) is 0 Å². The first-order valence-corrected chi connectivity index (χ1v) is 5.34. The zero-order chi connectivity index (χ0) is 9.30. The molecule has 0 aromatic heterocycles. The molecule has 12 heavy (non-hydrogen) atoms. The Bertz CT molecular complexity index is 314. The Labute approximate surface area is 94.9 Å². The van der Waals surface area contributed by atoms with Crippen molar-refractivity contribution in [2.75, 3.05) is 0 Å². The molecular formula is C7H4Br3NO. The van der Waals surface area contributed by atoms with Crippen molar-refractivity contribution in [1.29, 1.82) is 0 Å². The molecule has 2 nitrogen and oxygen atoms in total. The molecule has 0 aliphatic carbocycles. The van der Waals surface area contributed by atoms with E-state index in [4.69, 9.17) is 5.73 Å². The number of hydrogen-bond donors (Lipinski definition) is 1. The molecule has 0 fully saturated rings. The Balaban J connectivity index is 3.38. The Morgan fingerprint density at radius 2 is 1.58 bits per heavy atom. The maximum absolute atomic E-state index is 10.9. The minimum atomic E-state index is -0.457. The summed E-state index contributed by atoms with van der Waals surface area (Å²) >= 11 is 9.76. The van der Waals surface area contributed by atoms with E-state index in [0.717, 1.165) is 4.47 Å². The number of nitrogens with two attached hydrogens (primary N) is 1. The Morgan fingerprint density at radius 3 is 1.92 bits per heavy atom. The van der Waals surface area contributed by atoms with E-state index in [9.17, 15) is 4.79 Å². The normalized spacial score (nSPS) is 9.92. The molecule has 0 saturated heterocycles. The molecule has 2 N–H and O–H groups in total. The fourth-order valence-electron chi connectivity index (χ4n) is 0.778. The van der Waals surface area contributed by atoms with Crippen LogP contribution in [-0.2, 0) is 0 Å². The summed E-state index contributed by atoms with van der Waals surface area (Å²) in [6.45, 7) is 0. The standard InChI is InChI=1S/C7H4Br3NO/c8-3-1-4(9)6(7(11)12)5(10)2-3/h1-2H,(H2,11,12). The Hall–Kier alpha value is 0.130. The molecule has 5 heteroatoms. The molecule has 0 bridgehead atoms. The fourth-order valence-corrected chi connectivity index (χ4v) is 3.43. The van der Waals surface area contributed by atoms with Crippen molar-refractivity contribution in [3.8, 4) is 0 Å². The van der Waals surface area contributed by atoms with E-state index in [1.165, 1.54) is 0 Å². The van der Waals surface area contributed by atoms with Gasteiger partial charge in [-0.05, 0) is 44.0 Å². The molecule has 0 saturated carbocycles. The molecule has 1 amide bonds. The monoisotopic (exact) mass is 355 g/mol. The predicted molar refractivity (Wildman–Crippen MR) is 58.1 cm³/mol. The van der Waals surface area contributed by atoms with E-state index in [1.807, 2.05) is 0 Å². The molecule has 0 aliphatic rings. The van der Waals surface area contributed by atoms with Crippen molar-refractivity contribution in [2.24, 2.45) is 5.73 Å². The van der Waals surface area contributed by atoms with E-state index in [-0.39, 0.29) is 0 Å². The lowest BCUT2D eigenvalue weighted by atomic mass is 10.2. The van der Waals surface area contributed by atoms with Crippen molar-refractivity contribution in [1.82, 2.24) is 0 Å². The number of benzene rings is 1. The van der Waals surface area contributed by atoms with E-state index < -0.39 is 5.91 Å². The number of hydrogen-bond acceptors (Lipinski definition) is 1. The van der Waals surface area contributed by atoms with Gasteiger partial charge in [0, 0.05) is 13.4 Å². The third-order valence-corrected chi connectivity index (χ3v) is 2.96. The third-order valence-electron chi connectivity index (χ3n) is 1.25. The highest BCUT2D eigenvalue weighted by atomic mass is 79.9. The second-order valence-corrected chi connectivity index (χ2v) is 4.73. The van der Waals surface area contributed by atoms with E-state index in [2.05, 4.69) is 47.8 Å². The predicted octanol–water partition coefficient (Wildman–Crippen LogP) is 3.07. The lowest BCUT2D eigenvalue weighted by molar-refractivity contribution is 0.0999.